The molecule has 0 radical (unpaired) electrons. The van der Waals surface area contributed by atoms with Crippen molar-refractivity contribution in [3.05, 3.63) is 82.5 Å². The number of hydrogen-bond donors (Lipinski definition) is 1. The third-order valence-corrected chi connectivity index (χ3v) is 4.75. The maximum Gasteiger partial charge on any atom is 0.213 e. The summed E-state index contributed by atoms with van der Waals surface area (Å²) in [5.74, 6) is 1.84. The Labute approximate surface area is 183 Å². The number of pyridine rings is 1. The van der Waals surface area contributed by atoms with Crippen LogP contribution < -0.4 is 19.5 Å². The molecule has 0 aliphatic carbocycles. The Hall–Kier alpha value is -2.76. The minimum absolute atomic E-state index is 0.436. The van der Waals surface area contributed by atoms with Gasteiger partial charge in [-0.25, -0.2) is 4.98 Å². The lowest BCUT2D eigenvalue weighted by Crippen LogP contribution is -2.17. The second-order valence-corrected chi connectivity index (χ2v) is 7.34. The molecule has 1 aromatic heterocycles. The van der Waals surface area contributed by atoms with Gasteiger partial charge in [-0.3, -0.25) is 0 Å². The maximum atomic E-state index is 6.48. The van der Waals surface area contributed by atoms with E-state index >= 15 is 0 Å². The number of rotatable bonds is 11. The van der Waals surface area contributed by atoms with Gasteiger partial charge in [-0.2, -0.15) is 0 Å². The second-order valence-electron chi connectivity index (χ2n) is 6.93. The van der Waals surface area contributed by atoms with Gasteiger partial charge in [-0.15, -0.1) is 0 Å². The summed E-state index contributed by atoms with van der Waals surface area (Å²) >= 11 is 6.48. The van der Waals surface area contributed by atoms with Crippen LogP contribution in [0.1, 0.15) is 23.1 Å². The Morgan fingerprint density at radius 3 is 2.67 bits per heavy atom. The Morgan fingerprint density at radius 1 is 1.00 bits per heavy atom. The molecule has 0 fully saturated rings. The van der Waals surface area contributed by atoms with Crippen LogP contribution in [0.5, 0.6) is 17.4 Å². The number of methoxy groups -OCH3 is 1. The van der Waals surface area contributed by atoms with Crippen molar-refractivity contribution < 1.29 is 14.2 Å². The molecule has 3 rings (SSSR count). The Morgan fingerprint density at radius 2 is 1.90 bits per heavy atom. The first-order chi connectivity index (χ1) is 14.7. The number of halogens is 1. The van der Waals surface area contributed by atoms with Crippen molar-refractivity contribution in [3.63, 3.8) is 0 Å². The highest BCUT2D eigenvalue weighted by Crippen LogP contribution is 2.37. The first kappa shape index (κ1) is 21.9. The van der Waals surface area contributed by atoms with Gasteiger partial charge in [0.15, 0.2) is 11.5 Å². The van der Waals surface area contributed by atoms with Crippen molar-refractivity contribution in [2.45, 2.75) is 26.5 Å². The van der Waals surface area contributed by atoms with Crippen molar-refractivity contribution in [2.75, 3.05) is 20.3 Å². The number of ether oxygens (including phenoxy) is 3. The highest BCUT2D eigenvalue weighted by molar-refractivity contribution is 6.32. The lowest BCUT2D eigenvalue weighted by molar-refractivity contribution is 0.284. The van der Waals surface area contributed by atoms with Gasteiger partial charge in [-0.05, 0) is 49.2 Å². The second kappa shape index (κ2) is 11.4. The van der Waals surface area contributed by atoms with E-state index in [2.05, 4.69) is 29.4 Å². The molecule has 0 saturated heterocycles. The number of hydrogen-bond acceptors (Lipinski definition) is 5. The summed E-state index contributed by atoms with van der Waals surface area (Å²) in [5.41, 5.74) is 3.32. The molecule has 6 heteroatoms. The van der Waals surface area contributed by atoms with Gasteiger partial charge in [-0.1, -0.05) is 47.5 Å². The molecule has 0 spiro atoms. The van der Waals surface area contributed by atoms with Crippen molar-refractivity contribution in [3.8, 4) is 17.4 Å². The topological polar surface area (TPSA) is 52.6 Å². The molecule has 5 nitrogen and oxygen atoms in total. The minimum Gasteiger partial charge on any atom is -0.493 e. The zero-order valence-corrected chi connectivity index (χ0v) is 18.1. The smallest absolute Gasteiger partial charge is 0.213 e. The number of aromatic nitrogens is 1. The van der Waals surface area contributed by atoms with Gasteiger partial charge < -0.3 is 19.5 Å². The lowest BCUT2D eigenvalue weighted by Gasteiger charge is -2.15. The van der Waals surface area contributed by atoms with Crippen LogP contribution in [0.2, 0.25) is 5.02 Å². The molecule has 1 N–H and O–H groups in total. The highest BCUT2D eigenvalue weighted by Gasteiger charge is 2.12. The van der Waals surface area contributed by atoms with E-state index < -0.39 is 0 Å². The van der Waals surface area contributed by atoms with E-state index in [1.54, 1.807) is 13.3 Å². The largest absolute Gasteiger partial charge is 0.493 e. The minimum atomic E-state index is 0.436. The van der Waals surface area contributed by atoms with Crippen molar-refractivity contribution in [1.82, 2.24) is 10.3 Å². The third kappa shape index (κ3) is 6.65. The van der Waals surface area contributed by atoms with Crippen LogP contribution in [0.4, 0.5) is 0 Å². The molecular weight excluding hydrogens is 400 g/mol. The first-order valence-corrected chi connectivity index (χ1v) is 10.3. The van der Waals surface area contributed by atoms with Crippen LogP contribution >= 0.6 is 11.6 Å². The van der Waals surface area contributed by atoms with Gasteiger partial charge in [0, 0.05) is 18.8 Å². The standard InChI is InChI=1S/C24H27ClN2O3/c1-18-7-5-8-19(13-18)17-30-24-21(25)14-20(15-22(24)28-2)16-26-10-6-12-29-23-9-3-4-11-27-23/h3-5,7-9,11,13-15,26H,6,10,12,16-17H2,1-2H3. The zero-order valence-electron chi connectivity index (χ0n) is 17.4. The maximum absolute atomic E-state index is 6.48. The molecule has 3 aromatic rings. The molecule has 0 amide bonds. The van der Waals surface area contributed by atoms with E-state index in [4.69, 9.17) is 25.8 Å². The van der Waals surface area contributed by atoms with Gasteiger partial charge in [0.2, 0.25) is 5.88 Å². The molecule has 0 unspecified atom stereocenters. The summed E-state index contributed by atoms with van der Waals surface area (Å²) in [4.78, 5) is 4.14. The summed E-state index contributed by atoms with van der Waals surface area (Å²) in [6, 6.07) is 17.7. The van der Waals surface area contributed by atoms with Crippen molar-refractivity contribution >= 4 is 11.6 Å². The average Bonchev–Trinajstić information content (AvgIpc) is 2.76. The molecule has 158 valence electrons. The van der Waals surface area contributed by atoms with Crippen molar-refractivity contribution in [2.24, 2.45) is 0 Å². The van der Waals surface area contributed by atoms with E-state index in [1.807, 2.05) is 42.5 Å². The fraction of sp³-hybridized carbons (Fsp3) is 0.292. The molecule has 0 saturated carbocycles. The molecule has 0 bridgehead atoms. The fourth-order valence-corrected chi connectivity index (χ4v) is 3.30. The van der Waals surface area contributed by atoms with Gasteiger partial charge in [0.25, 0.3) is 0 Å². The zero-order chi connectivity index (χ0) is 21.2. The van der Waals surface area contributed by atoms with Gasteiger partial charge >= 0.3 is 0 Å². The molecule has 0 aliphatic rings. The predicted molar refractivity (Wildman–Crippen MR) is 120 cm³/mol. The lowest BCUT2D eigenvalue weighted by atomic mass is 10.1. The molecular formula is C24H27ClN2O3. The number of benzene rings is 2. The summed E-state index contributed by atoms with van der Waals surface area (Å²) in [5, 5.41) is 3.93. The Kier molecular flexibility index (Phi) is 8.36. The van der Waals surface area contributed by atoms with E-state index in [-0.39, 0.29) is 0 Å². The molecule has 1 heterocycles. The van der Waals surface area contributed by atoms with E-state index in [1.165, 1.54) is 5.56 Å². The summed E-state index contributed by atoms with van der Waals surface area (Å²) < 4.78 is 17.1. The van der Waals surface area contributed by atoms with Crippen LogP contribution in [-0.2, 0) is 13.2 Å². The summed E-state index contributed by atoms with van der Waals surface area (Å²) in [6.07, 6.45) is 2.60. The van der Waals surface area contributed by atoms with Crippen LogP contribution in [0.15, 0.2) is 60.8 Å². The fourth-order valence-electron chi connectivity index (χ4n) is 3.01. The molecule has 30 heavy (non-hydrogen) atoms. The highest BCUT2D eigenvalue weighted by atomic mass is 35.5. The SMILES string of the molecule is COc1cc(CNCCCOc2ccccn2)cc(Cl)c1OCc1cccc(C)c1. The normalized spacial score (nSPS) is 10.6. The number of nitrogens with zero attached hydrogens (tertiary/aromatic N) is 1. The number of nitrogens with one attached hydrogen (secondary N) is 1. The van der Waals surface area contributed by atoms with Crippen LogP contribution in [0.3, 0.4) is 0 Å². The summed E-state index contributed by atoms with van der Waals surface area (Å²) in [6.45, 7) is 4.60. The van der Waals surface area contributed by atoms with Gasteiger partial charge in [0.1, 0.15) is 6.61 Å². The van der Waals surface area contributed by atoms with Crippen molar-refractivity contribution in [1.29, 1.82) is 0 Å². The Balaban J connectivity index is 1.48. The number of aryl methyl sites for hydroxylation is 1. The predicted octanol–water partition coefficient (Wildman–Crippen LogP) is 5.19. The third-order valence-electron chi connectivity index (χ3n) is 4.47. The quantitative estimate of drug-likeness (QED) is 0.427. The van der Waals surface area contributed by atoms with Crippen LogP contribution in [0.25, 0.3) is 0 Å². The van der Waals surface area contributed by atoms with Crippen LogP contribution in [0, 0.1) is 6.92 Å². The molecule has 2 aromatic carbocycles. The molecule has 0 aliphatic heterocycles. The monoisotopic (exact) mass is 426 g/mol. The first-order valence-electron chi connectivity index (χ1n) is 9.95. The summed E-state index contributed by atoms with van der Waals surface area (Å²) in [7, 11) is 1.62. The van der Waals surface area contributed by atoms with Crippen LogP contribution in [-0.4, -0.2) is 25.2 Å². The Bertz CT molecular complexity index is 935. The van der Waals surface area contributed by atoms with E-state index in [0.717, 1.165) is 24.1 Å². The average molecular weight is 427 g/mol. The van der Waals surface area contributed by atoms with E-state index in [0.29, 0.717) is 42.2 Å². The van der Waals surface area contributed by atoms with E-state index in [9.17, 15) is 0 Å². The van der Waals surface area contributed by atoms with Gasteiger partial charge in [0.05, 0.1) is 18.7 Å². The molecule has 0 atom stereocenters.